The van der Waals surface area contributed by atoms with Gasteiger partial charge in [-0.25, -0.2) is 23.2 Å². The summed E-state index contributed by atoms with van der Waals surface area (Å²) in [6.45, 7) is 18.3. The minimum atomic E-state index is -1.42. The number of carbonyl (C=O) groups excluding carboxylic acids is 1. The fourth-order valence-corrected chi connectivity index (χ4v) is 12.2. The maximum atomic E-state index is 16.0. The molecule has 1 amide bonds. The molecule has 71 heavy (non-hydrogen) atoms. The van der Waals surface area contributed by atoms with Gasteiger partial charge in [0, 0.05) is 81.7 Å². The molecule has 16 nitrogen and oxygen atoms in total. The number of imidazole rings is 1. The number of halogens is 1. The van der Waals surface area contributed by atoms with Crippen molar-refractivity contribution in [2.75, 3.05) is 19.8 Å². The Balaban J connectivity index is 1.05. The molecule has 11 rings (SSSR count). The van der Waals surface area contributed by atoms with Gasteiger partial charge in [-0.15, -0.1) is 0 Å². The number of nitrogens with zero attached hydrogens (tertiary/aromatic N) is 10. The van der Waals surface area contributed by atoms with E-state index in [-0.39, 0.29) is 36.1 Å². The van der Waals surface area contributed by atoms with Crippen molar-refractivity contribution in [2.45, 2.75) is 116 Å². The van der Waals surface area contributed by atoms with E-state index < -0.39 is 25.4 Å². The van der Waals surface area contributed by atoms with Gasteiger partial charge >= 0.3 is 11.4 Å². The van der Waals surface area contributed by atoms with Gasteiger partial charge in [-0.2, -0.15) is 10.2 Å². The fourth-order valence-electron chi connectivity index (χ4n) is 11.4. The Kier molecular flexibility index (Phi) is 11.4. The first-order valence-corrected chi connectivity index (χ1v) is 28.5. The van der Waals surface area contributed by atoms with E-state index in [0.717, 1.165) is 46.4 Å². The summed E-state index contributed by atoms with van der Waals surface area (Å²) in [5.41, 5.74) is 5.75. The largest absolute Gasteiger partial charge is 0.443 e. The molecule has 8 aromatic rings. The topological polar surface area (TPSA) is 154 Å². The third-order valence-corrected chi connectivity index (χ3v) is 17.1. The van der Waals surface area contributed by atoms with Crippen LogP contribution in [0.3, 0.4) is 0 Å². The Labute approximate surface area is 411 Å². The van der Waals surface area contributed by atoms with Gasteiger partial charge in [0.1, 0.15) is 29.6 Å². The van der Waals surface area contributed by atoms with E-state index in [0.29, 0.717) is 84.0 Å². The molecule has 0 bridgehead atoms. The summed E-state index contributed by atoms with van der Waals surface area (Å²) in [4.78, 5) is 46.3. The lowest BCUT2D eigenvalue weighted by Gasteiger charge is -2.39. The lowest BCUT2D eigenvalue weighted by Crippen LogP contribution is -2.46. The van der Waals surface area contributed by atoms with Crippen molar-refractivity contribution in [3.63, 3.8) is 0 Å². The highest BCUT2D eigenvalue weighted by Gasteiger charge is 2.60. The Hall–Kier alpha value is -6.63. The molecule has 3 aromatic carbocycles. The first kappa shape index (κ1) is 46.7. The van der Waals surface area contributed by atoms with Crippen LogP contribution in [0.1, 0.15) is 96.3 Å². The number of benzene rings is 3. The number of aryl methyl sites for hydroxylation is 3. The van der Waals surface area contributed by atoms with Gasteiger partial charge in [0.2, 0.25) is 0 Å². The highest BCUT2D eigenvalue weighted by molar-refractivity contribution is 6.76. The third kappa shape index (κ3) is 7.76. The summed E-state index contributed by atoms with van der Waals surface area (Å²) in [6.07, 6.45) is 8.03. The van der Waals surface area contributed by atoms with Gasteiger partial charge in [0.15, 0.2) is 5.82 Å². The summed E-state index contributed by atoms with van der Waals surface area (Å²) in [6, 6.07) is 17.7. The molecule has 1 saturated heterocycles. The fraction of sp³-hybridized carbons (Fsp3) is 0.434. The Morgan fingerprint density at radius 3 is 2.35 bits per heavy atom. The molecule has 4 atom stereocenters. The van der Waals surface area contributed by atoms with Crippen molar-refractivity contribution >= 4 is 35.8 Å². The van der Waals surface area contributed by atoms with Gasteiger partial charge in [0.25, 0.3) is 5.91 Å². The van der Waals surface area contributed by atoms with Crippen LogP contribution < -0.4 is 11.4 Å². The first-order valence-electron chi connectivity index (χ1n) is 24.8. The standard InChI is InChI=1S/C53H61FN10O6Si/c1-31-22-41(23-32(2)47(31)54)64-48(60-17-16-59(51(60)66)40-11-13-43-39(26-40)29-55-58(43)6)46-35(5)62(34(4)24-42(46)56-64)49(65)45-27-38-25-37(36-14-18-68-19-15-36)10-12-44(38)63(45)53(28-33(53)3)50-57-70-52(67)61(50)30-69-20-21-71(7,8)9/h10-13,16-17,22-23,25-27,29,33-36H,14-15,18-21,24,28,30H2,1-9H3/t33-,34+,35-,53-/m0/s1. The van der Waals surface area contributed by atoms with Crippen LogP contribution in [0.25, 0.3) is 39.0 Å². The quantitative estimate of drug-likeness (QED) is 0.0864. The molecule has 370 valence electrons. The molecule has 0 radical (unpaired) electrons. The zero-order chi connectivity index (χ0) is 49.8. The molecule has 3 aliphatic rings. The molecular formula is C53H61FN10O6Si. The maximum absolute atomic E-state index is 16.0. The first-order chi connectivity index (χ1) is 33.9. The van der Waals surface area contributed by atoms with E-state index in [4.69, 9.17) is 19.1 Å². The molecule has 5 aromatic heterocycles. The maximum Gasteiger partial charge on any atom is 0.443 e. The van der Waals surface area contributed by atoms with E-state index in [1.54, 1.807) is 63.1 Å². The molecule has 1 aliphatic carbocycles. The lowest BCUT2D eigenvalue weighted by atomic mass is 9.91. The number of fused-ring (bicyclic) bond motifs is 3. The summed E-state index contributed by atoms with van der Waals surface area (Å²) < 4.78 is 42.8. The zero-order valence-corrected chi connectivity index (χ0v) is 42.9. The predicted molar refractivity (Wildman–Crippen MR) is 270 cm³/mol. The number of rotatable bonds is 12. The monoisotopic (exact) mass is 980 g/mol. The molecule has 1 saturated carbocycles. The van der Waals surface area contributed by atoms with Crippen LogP contribution in [-0.4, -0.2) is 87.7 Å². The third-order valence-electron chi connectivity index (χ3n) is 15.4. The normalized spacial score (nSPS) is 20.6. The molecule has 2 aliphatic heterocycles. The van der Waals surface area contributed by atoms with Crippen LogP contribution in [0.5, 0.6) is 0 Å². The summed E-state index contributed by atoms with van der Waals surface area (Å²) in [5, 5.41) is 15.9. The average molecular weight is 981 g/mol. The van der Waals surface area contributed by atoms with Crippen molar-refractivity contribution in [2.24, 2.45) is 13.0 Å². The predicted octanol–water partition coefficient (Wildman–Crippen LogP) is 8.70. The van der Waals surface area contributed by atoms with Crippen molar-refractivity contribution in [3.8, 4) is 17.2 Å². The van der Waals surface area contributed by atoms with Crippen molar-refractivity contribution in [1.29, 1.82) is 0 Å². The number of amides is 1. The smallest absolute Gasteiger partial charge is 0.381 e. The van der Waals surface area contributed by atoms with E-state index in [1.165, 1.54) is 10.1 Å². The molecule has 0 N–H and O–H groups in total. The van der Waals surface area contributed by atoms with Crippen molar-refractivity contribution in [1.82, 2.24) is 47.9 Å². The minimum absolute atomic E-state index is 0.0188. The number of hydrogen-bond donors (Lipinski definition) is 0. The number of hydrogen-bond acceptors (Lipinski definition) is 9. The highest BCUT2D eigenvalue weighted by atomic mass is 28.3. The van der Waals surface area contributed by atoms with Crippen LogP contribution in [0.4, 0.5) is 4.39 Å². The van der Waals surface area contributed by atoms with Gasteiger partial charge < -0.3 is 18.9 Å². The van der Waals surface area contributed by atoms with Crippen LogP contribution in [0.15, 0.2) is 87.3 Å². The molecule has 18 heteroatoms. The lowest BCUT2D eigenvalue weighted by molar-refractivity contribution is 0.0564. The van der Waals surface area contributed by atoms with E-state index >= 15 is 9.18 Å². The SMILES string of the molecule is Cc1cc(-n2nc3c(c2-n2ccn(-c4ccc5c(cnn5C)c4)c2=O)[C@H](C)N(C(=O)c2cc4cc(C5CCOCC5)ccc4n2[C@@]2(c4noc(=O)n4COCC[Si](C)(C)C)C[C@@H]2C)[C@H](C)C3)cc(C)c1F. The zero-order valence-electron chi connectivity index (χ0n) is 41.9. The van der Waals surface area contributed by atoms with Crippen LogP contribution >= 0.6 is 0 Å². The molecule has 0 spiro atoms. The van der Waals surface area contributed by atoms with E-state index in [2.05, 4.69) is 59.6 Å². The van der Waals surface area contributed by atoms with Crippen LogP contribution in [0, 0.1) is 25.6 Å². The summed E-state index contributed by atoms with van der Waals surface area (Å²) in [5.74, 6) is 0.0375. The van der Waals surface area contributed by atoms with E-state index in [9.17, 15) is 9.59 Å². The minimum Gasteiger partial charge on any atom is -0.381 e. The highest BCUT2D eigenvalue weighted by Crippen LogP contribution is 2.57. The molecule has 2 fully saturated rings. The molecule has 7 heterocycles. The summed E-state index contributed by atoms with van der Waals surface area (Å²) in [7, 11) is 0.458. The van der Waals surface area contributed by atoms with E-state index in [1.807, 2.05) is 50.1 Å². The van der Waals surface area contributed by atoms with Gasteiger partial charge in [0.05, 0.1) is 34.8 Å². The Morgan fingerprint density at radius 2 is 1.63 bits per heavy atom. The van der Waals surface area contributed by atoms with Gasteiger partial charge in [-0.3, -0.25) is 23.1 Å². The van der Waals surface area contributed by atoms with Gasteiger partial charge in [-0.05, 0) is 130 Å². The van der Waals surface area contributed by atoms with Crippen LogP contribution in [0.2, 0.25) is 25.7 Å². The van der Waals surface area contributed by atoms with Crippen molar-refractivity contribution < 1.29 is 23.2 Å². The second kappa shape index (κ2) is 17.3. The number of ether oxygens (including phenoxy) is 2. The van der Waals surface area contributed by atoms with Crippen molar-refractivity contribution in [3.05, 3.63) is 140 Å². The Morgan fingerprint density at radius 1 is 0.915 bits per heavy atom. The average Bonchev–Trinajstić information content (AvgIpc) is 3.93. The molecular weight excluding hydrogens is 920 g/mol. The Bertz CT molecular complexity index is 3500. The second-order valence-corrected chi connectivity index (χ2v) is 27.0. The summed E-state index contributed by atoms with van der Waals surface area (Å²) >= 11 is 0. The van der Waals surface area contributed by atoms with Gasteiger partial charge in [-0.1, -0.05) is 37.8 Å². The second-order valence-electron chi connectivity index (χ2n) is 21.4. The number of aromatic nitrogens is 9. The molecule has 0 unspecified atom stereocenters. The van der Waals surface area contributed by atoms with Crippen LogP contribution in [-0.2, 0) is 35.2 Å². The number of carbonyl (C=O) groups is 1.